The van der Waals surface area contributed by atoms with E-state index in [9.17, 15) is 0 Å². The molecule has 1 heterocycles. The summed E-state index contributed by atoms with van der Waals surface area (Å²) in [6.45, 7) is 12.9. The van der Waals surface area contributed by atoms with Crippen LogP contribution < -0.4 is 0 Å². The van der Waals surface area contributed by atoms with Crippen LogP contribution in [-0.2, 0) is 0 Å². The fourth-order valence-corrected chi connectivity index (χ4v) is 1.42. The first kappa shape index (κ1) is 14.5. The molecule has 1 aliphatic heterocycles. The molecular formula is C11H27N. The van der Waals surface area contributed by atoms with Crippen LogP contribution in [0.2, 0.25) is 0 Å². The Labute approximate surface area is 79.2 Å². The highest BCUT2D eigenvalue weighted by Crippen LogP contribution is 2.12. The van der Waals surface area contributed by atoms with E-state index in [0.29, 0.717) is 0 Å². The van der Waals surface area contributed by atoms with Crippen molar-refractivity contribution in [1.29, 1.82) is 0 Å². The van der Waals surface area contributed by atoms with Crippen molar-refractivity contribution in [3.05, 3.63) is 0 Å². The van der Waals surface area contributed by atoms with E-state index in [0.717, 1.165) is 5.92 Å². The minimum Gasteiger partial charge on any atom is -0.306 e. The summed E-state index contributed by atoms with van der Waals surface area (Å²) in [6, 6.07) is 0. The SMILES string of the molecule is CC.CC.CC1CCCN(C)C1. The van der Waals surface area contributed by atoms with Gasteiger partial charge in [-0.05, 0) is 32.4 Å². The van der Waals surface area contributed by atoms with Gasteiger partial charge in [0.05, 0.1) is 0 Å². The molecule has 0 aliphatic carbocycles. The molecule has 1 heteroatoms. The van der Waals surface area contributed by atoms with Crippen LogP contribution in [0.15, 0.2) is 0 Å². The summed E-state index contributed by atoms with van der Waals surface area (Å²) in [5.41, 5.74) is 0. The molecule has 0 aromatic carbocycles. The molecule has 1 saturated heterocycles. The summed E-state index contributed by atoms with van der Waals surface area (Å²) < 4.78 is 0. The van der Waals surface area contributed by atoms with E-state index in [-0.39, 0.29) is 0 Å². The average molecular weight is 173 g/mol. The molecule has 0 saturated carbocycles. The van der Waals surface area contributed by atoms with Gasteiger partial charge in [-0.25, -0.2) is 0 Å². The van der Waals surface area contributed by atoms with Crippen LogP contribution in [0.5, 0.6) is 0 Å². The van der Waals surface area contributed by atoms with Gasteiger partial charge < -0.3 is 4.90 Å². The van der Waals surface area contributed by atoms with Crippen LogP contribution >= 0.6 is 0 Å². The van der Waals surface area contributed by atoms with E-state index < -0.39 is 0 Å². The van der Waals surface area contributed by atoms with Crippen LogP contribution in [0.4, 0.5) is 0 Å². The highest BCUT2D eigenvalue weighted by Gasteiger charge is 2.11. The number of rotatable bonds is 0. The quantitative estimate of drug-likeness (QED) is 0.542. The summed E-state index contributed by atoms with van der Waals surface area (Å²) in [6.07, 6.45) is 2.84. The third kappa shape index (κ3) is 8.06. The van der Waals surface area contributed by atoms with E-state index in [2.05, 4.69) is 18.9 Å². The fourth-order valence-electron chi connectivity index (χ4n) is 1.42. The Bertz CT molecular complexity index is 63.4. The molecular weight excluding hydrogens is 146 g/mol. The number of likely N-dealkylation sites (tertiary alicyclic amines) is 1. The highest BCUT2D eigenvalue weighted by molar-refractivity contribution is 4.65. The van der Waals surface area contributed by atoms with Crippen molar-refractivity contribution in [2.75, 3.05) is 20.1 Å². The normalized spacial score (nSPS) is 23.0. The standard InChI is InChI=1S/C7H15N.2C2H6/c1-7-4-3-5-8(2)6-7;2*1-2/h7H,3-6H2,1-2H3;2*1-2H3. The first-order chi connectivity index (χ1) is 5.79. The Morgan fingerprint density at radius 1 is 1.08 bits per heavy atom. The maximum absolute atomic E-state index is 2.41. The highest BCUT2D eigenvalue weighted by atomic mass is 15.1. The van der Waals surface area contributed by atoms with Gasteiger partial charge in [-0.2, -0.15) is 0 Å². The van der Waals surface area contributed by atoms with Crippen molar-refractivity contribution in [3.8, 4) is 0 Å². The molecule has 1 rings (SSSR count). The molecule has 1 nitrogen and oxygen atoms in total. The second-order valence-electron chi connectivity index (χ2n) is 3.01. The summed E-state index contributed by atoms with van der Waals surface area (Å²) in [5, 5.41) is 0. The molecule has 1 unspecified atom stereocenters. The second kappa shape index (κ2) is 11.0. The Kier molecular flexibility index (Phi) is 13.2. The lowest BCUT2D eigenvalue weighted by Crippen LogP contribution is -2.30. The predicted molar refractivity (Wildman–Crippen MR) is 58.6 cm³/mol. The van der Waals surface area contributed by atoms with Gasteiger partial charge in [0.25, 0.3) is 0 Å². The van der Waals surface area contributed by atoms with Gasteiger partial charge >= 0.3 is 0 Å². The van der Waals surface area contributed by atoms with E-state index in [1.807, 2.05) is 27.7 Å². The zero-order chi connectivity index (χ0) is 9.98. The second-order valence-corrected chi connectivity index (χ2v) is 3.01. The smallest absolute Gasteiger partial charge is 0.000398 e. The van der Waals surface area contributed by atoms with Crippen molar-refractivity contribution < 1.29 is 0 Å². The van der Waals surface area contributed by atoms with Crippen LogP contribution in [0, 0.1) is 5.92 Å². The number of hydrogen-bond donors (Lipinski definition) is 0. The van der Waals surface area contributed by atoms with Crippen LogP contribution in [-0.4, -0.2) is 25.0 Å². The summed E-state index contributed by atoms with van der Waals surface area (Å²) in [5.74, 6) is 0.939. The first-order valence-electron chi connectivity index (χ1n) is 5.47. The van der Waals surface area contributed by atoms with Gasteiger partial charge in [-0.15, -0.1) is 0 Å². The largest absolute Gasteiger partial charge is 0.306 e. The van der Waals surface area contributed by atoms with Crippen molar-refractivity contribution >= 4 is 0 Å². The minimum absolute atomic E-state index is 0.939. The molecule has 0 radical (unpaired) electrons. The molecule has 1 aliphatic rings. The third-order valence-electron chi connectivity index (χ3n) is 1.86. The molecule has 0 N–H and O–H groups in total. The Morgan fingerprint density at radius 3 is 1.83 bits per heavy atom. The molecule has 1 fully saturated rings. The summed E-state index contributed by atoms with van der Waals surface area (Å²) in [7, 11) is 2.20. The Balaban J connectivity index is 0. The molecule has 0 amide bonds. The van der Waals surface area contributed by atoms with Crippen molar-refractivity contribution in [2.45, 2.75) is 47.5 Å². The van der Waals surface area contributed by atoms with Crippen LogP contribution in [0.3, 0.4) is 0 Å². The maximum atomic E-state index is 2.41. The fraction of sp³-hybridized carbons (Fsp3) is 1.00. The molecule has 1 atom stereocenters. The third-order valence-corrected chi connectivity index (χ3v) is 1.86. The average Bonchev–Trinajstić information content (AvgIpc) is 2.11. The summed E-state index contributed by atoms with van der Waals surface area (Å²) in [4.78, 5) is 2.41. The van der Waals surface area contributed by atoms with Crippen molar-refractivity contribution in [1.82, 2.24) is 4.90 Å². The van der Waals surface area contributed by atoms with Crippen LogP contribution in [0.1, 0.15) is 47.5 Å². The minimum atomic E-state index is 0.939. The lowest BCUT2D eigenvalue weighted by Gasteiger charge is -2.26. The molecule has 0 bridgehead atoms. The molecule has 0 aromatic heterocycles. The van der Waals surface area contributed by atoms with E-state index >= 15 is 0 Å². The topological polar surface area (TPSA) is 3.24 Å². The lowest BCUT2D eigenvalue weighted by molar-refractivity contribution is 0.221. The first-order valence-corrected chi connectivity index (χ1v) is 5.47. The van der Waals surface area contributed by atoms with Gasteiger partial charge in [-0.3, -0.25) is 0 Å². The lowest BCUT2D eigenvalue weighted by atomic mass is 10.0. The number of hydrogen-bond acceptors (Lipinski definition) is 1. The Hall–Kier alpha value is -0.0400. The van der Waals surface area contributed by atoms with Gasteiger partial charge in [-0.1, -0.05) is 34.6 Å². The zero-order valence-corrected chi connectivity index (χ0v) is 9.85. The molecule has 12 heavy (non-hydrogen) atoms. The molecule has 76 valence electrons. The van der Waals surface area contributed by atoms with Crippen molar-refractivity contribution in [2.24, 2.45) is 5.92 Å². The number of piperidine rings is 1. The van der Waals surface area contributed by atoms with E-state index in [4.69, 9.17) is 0 Å². The van der Waals surface area contributed by atoms with Crippen LogP contribution in [0.25, 0.3) is 0 Å². The van der Waals surface area contributed by atoms with Crippen molar-refractivity contribution in [3.63, 3.8) is 0 Å². The molecule has 0 aromatic rings. The Morgan fingerprint density at radius 2 is 1.58 bits per heavy atom. The molecule has 0 spiro atoms. The monoisotopic (exact) mass is 173 g/mol. The number of nitrogens with zero attached hydrogens (tertiary/aromatic N) is 1. The van der Waals surface area contributed by atoms with Gasteiger partial charge in [0, 0.05) is 6.54 Å². The summed E-state index contributed by atoms with van der Waals surface area (Å²) >= 11 is 0. The van der Waals surface area contributed by atoms with Gasteiger partial charge in [0.2, 0.25) is 0 Å². The van der Waals surface area contributed by atoms with E-state index in [1.54, 1.807) is 0 Å². The van der Waals surface area contributed by atoms with E-state index in [1.165, 1.54) is 25.9 Å². The zero-order valence-electron chi connectivity index (χ0n) is 9.85. The van der Waals surface area contributed by atoms with Gasteiger partial charge in [0.15, 0.2) is 0 Å². The predicted octanol–water partition coefficient (Wildman–Crippen LogP) is 3.40. The van der Waals surface area contributed by atoms with Gasteiger partial charge in [0.1, 0.15) is 0 Å². The maximum Gasteiger partial charge on any atom is 0.000398 e.